The Bertz CT molecular complexity index is 458. The van der Waals surface area contributed by atoms with Crippen molar-refractivity contribution in [1.82, 2.24) is 15.3 Å². The van der Waals surface area contributed by atoms with Crippen molar-refractivity contribution in [2.75, 3.05) is 42.9 Å². The van der Waals surface area contributed by atoms with Gasteiger partial charge in [0.15, 0.2) is 0 Å². The molecule has 1 aromatic heterocycles. The molecule has 2 rings (SSSR count). The molecule has 1 saturated heterocycles. The Morgan fingerprint density at radius 3 is 2.40 bits per heavy atom. The first-order chi connectivity index (χ1) is 9.43. The SMILES string of the molecule is CCNc1nc(C(C)(C)C)nc(N2CCNCC2)c1C. The Labute approximate surface area is 122 Å². The average molecular weight is 277 g/mol. The highest BCUT2D eigenvalue weighted by molar-refractivity contribution is 5.59. The maximum atomic E-state index is 4.86. The predicted molar refractivity (Wildman–Crippen MR) is 84.7 cm³/mol. The van der Waals surface area contributed by atoms with Crippen molar-refractivity contribution in [3.63, 3.8) is 0 Å². The van der Waals surface area contributed by atoms with Gasteiger partial charge < -0.3 is 15.5 Å². The van der Waals surface area contributed by atoms with E-state index in [-0.39, 0.29) is 5.41 Å². The summed E-state index contributed by atoms with van der Waals surface area (Å²) in [5.41, 5.74) is 1.11. The molecule has 0 aromatic carbocycles. The fraction of sp³-hybridized carbons (Fsp3) is 0.733. The fourth-order valence-corrected chi connectivity index (χ4v) is 2.36. The molecule has 0 radical (unpaired) electrons. The van der Waals surface area contributed by atoms with Crippen molar-refractivity contribution in [3.8, 4) is 0 Å². The number of anilines is 2. The van der Waals surface area contributed by atoms with Gasteiger partial charge >= 0.3 is 0 Å². The molecule has 0 atom stereocenters. The van der Waals surface area contributed by atoms with E-state index in [2.05, 4.69) is 50.2 Å². The van der Waals surface area contributed by atoms with Crippen LogP contribution in [0, 0.1) is 6.92 Å². The third kappa shape index (κ3) is 3.20. The zero-order valence-electron chi connectivity index (χ0n) is 13.4. The Morgan fingerprint density at radius 2 is 1.85 bits per heavy atom. The van der Waals surface area contributed by atoms with Crippen LogP contribution in [0.5, 0.6) is 0 Å². The molecule has 0 spiro atoms. The van der Waals surface area contributed by atoms with Crippen molar-refractivity contribution in [2.24, 2.45) is 0 Å². The van der Waals surface area contributed by atoms with Crippen LogP contribution in [0.3, 0.4) is 0 Å². The van der Waals surface area contributed by atoms with Crippen molar-refractivity contribution < 1.29 is 0 Å². The monoisotopic (exact) mass is 277 g/mol. The molecule has 5 heteroatoms. The van der Waals surface area contributed by atoms with Crippen LogP contribution in [0.4, 0.5) is 11.6 Å². The lowest BCUT2D eigenvalue weighted by molar-refractivity contribution is 0.537. The van der Waals surface area contributed by atoms with Crippen LogP contribution in [0.25, 0.3) is 0 Å². The largest absolute Gasteiger partial charge is 0.370 e. The van der Waals surface area contributed by atoms with Crippen LogP contribution in [0.1, 0.15) is 39.1 Å². The first kappa shape index (κ1) is 15.0. The molecule has 1 fully saturated rings. The summed E-state index contributed by atoms with van der Waals surface area (Å²) in [4.78, 5) is 11.9. The number of rotatable bonds is 3. The number of nitrogens with zero attached hydrogens (tertiary/aromatic N) is 3. The first-order valence-corrected chi connectivity index (χ1v) is 7.52. The second-order valence-electron chi connectivity index (χ2n) is 6.36. The second kappa shape index (κ2) is 5.95. The number of aromatic nitrogens is 2. The molecule has 0 unspecified atom stereocenters. The van der Waals surface area contributed by atoms with Gasteiger partial charge in [-0.05, 0) is 13.8 Å². The minimum absolute atomic E-state index is 0.0410. The highest BCUT2D eigenvalue weighted by Gasteiger charge is 2.23. The Morgan fingerprint density at radius 1 is 1.20 bits per heavy atom. The van der Waals surface area contributed by atoms with Crippen LogP contribution >= 0.6 is 0 Å². The Balaban J connectivity index is 2.44. The molecule has 0 bridgehead atoms. The lowest BCUT2D eigenvalue weighted by Gasteiger charge is -2.31. The van der Waals surface area contributed by atoms with Gasteiger partial charge in [0, 0.05) is 43.7 Å². The molecule has 20 heavy (non-hydrogen) atoms. The molecule has 2 N–H and O–H groups in total. The lowest BCUT2D eigenvalue weighted by Crippen LogP contribution is -2.44. The van der Waals surface area contributed by atoms with Gasteiger partial charge in [-0.1, -0.05) is 20.8 Å². The molecule has 2 heterocycles. The highest BCUT2D eigenvalue weighted by Crippen LogP contribution is 2.28. The highest BCUT2D eigenvalue weighted by atomic mass is 15.2. The fourth-order valence-electron chi connectivity index (χ4n) is 2.36. The molecular formula is C15H27N5. The van der Waals surface area contributed by atoms with E-state index < -0.39 is 0 Å². The normalized spacial score (nSPS) is 16.4. The summed E-state index contributed by atoms with van der Waals surface area (Å²) < 4.78 is 0. The van der Waals surface area contributed by atoms with Crippen molar-refractivity contribution >= 4 is 11.6 Å². The summed E-state index contributed by atoms with van der Waals surface area (Å²) in [6, 6.07) is 0. The number of piperazine rings is 1. The van der Waals surface area contributed by atoms with Gasteiger partial charge in [-0.15, -0.1) is 0 Å². The molecule has 1 aromatic rings. The zero-order valence-corrected chi connectivity index (χ0v) is 13.4. The van der Waals surface area contributed by atoms with Gasteiger partial charge in [-0.3, -0.25) is 0 Å². The molecule has 0 aliphatic carbocycles. The quantitative estimate of drug-likeness (QED) is 0.884. The average Bonchev–Trinajstić information content (AvgIpc) is 2.41. The Kier molecular flexibility index (Phi) is 4.48. The molecule has 1 aliphatic heterocycles. The van der Waals surface area contributed by atoms with Crippen molar-refractivity contribution in [1.29, 1.82) is 0 Å². The lowest BCUT2D eigenvalue weighted by atomic mass is 9.95. The third-order valence-electron chi connectivity index (χ3n) is 3.55. The Hall–Kier alpha value is -1.36. The van der Waals surface area contributed by atoms with E-state index in [0.29, 0.717) is 0 Å². The van der Waals surface area contributed by atoms with Crippen LogP contribution in [-0.2, 0) is 5.41 Å². The van der Waals surface area contributed by atoms with E-state index >= 15 is 0 Å². The van der Waals surface area contributed by atoms with Gasteiger partial charge in [0.25, 0.3) is 0 Å². The van der Waals surface area contributed by atoms with E-state index in [9.17, 15) is 0 Å². The van der Waals surface area contributed by atoms with E-state index in [4.69, 9.17) is 9.97 Å². The van der Waals surface area contributed by atoms with E-state index in [1.807, 2.05) is 0 Å². The van der Waals surface area contributed by atoms with Crippen LogP contribution < -0.4 is 15.5 Å². The number of hydrogen-bond donors (Lipinski definition) is 2. The smallest absolute Gasteiger partial charge is 0.138 e. The second-order valence-corrected chi connectivity index (χ2v) is 6.36. The van der Waals surface area contributed by atoms with E-state index in [1.54, 1.807) is 0 Å². The predicted octanol–water partition coefficient (Wildman–Crippen LogP) is 1.92. The molecule has 112 valence electrons. The summed E-state index contributed by atoms with van der Waals surface area (Å²) in [5.74, 6) is 2.97. The summed E-state index contributed by atoms with van der Waals surface area (Å²) in [7, 11) is 0. The van der Waals surface area contributed by atoms with Crippen LogP contribution in [0.15, 0.2) is 0 Å². The minimum atomic E-state index is -0.0410. The van der Waals surface area contributed by atoms with Gasteiger partial charge in [0.2, 0.25) is 0 Å². The van der Waals surface area contributed by atoms with Gasteiger partial charge in [-0.25, -0.2) is 9.97 Å². The molecule has 0 amide bonds. The number of hydrogen-bond acceptors (Lipinski definition) is 5. The third-order valence-corrected chi connectivity index (χ3v) is 3.55. The van der Waals surface area contributed by atoms with Gasteiger partial charge in [0.05, 0.1) is 0 Å². The standard InChI is InChI=1S/C15H27N5/c1-6-17-12-11(2)13(20-9-7-16-8-10-20)19-14(18-12)15(3,4)5/h16H,6-10H2,1-5H3,(H,17,18,19). The molecule has 0 saturated carbocycles. The summed E-state index contributed by atoms with van der Waals surface area (Å²) >= 11 is 0. The van der Waals surface area contributed by atoms with Gasteiger partial charge in [-0.2, -0.15) is 0 Å². The van der Waals surface area contributed by atoms with E-state index in [0.717, 1.165) is 55.7 Å². The maximum absolute atomic E-state index is 4.86. The van der Waals surface area contributed by atoms with Crippen molar-refractivity contribution in [3.05, 3.63) is 11.4 Å². The van der Waals surface area contributed by atoms with Crippen molar-refractivity contribution in [2.45, 2.75) is 40.0 Å². The van der Waals surface area contributed by atoms with E-state index in [1.165, 1.54) is 0 Å². The zero-order chi connectivity index (χ0) is 14.8. The molecular weight excluding hydrogens is 250 g/mol. The summed E-state index contributed by atoms with van der Waals surface area (Å²) in [6.07, 6.45) is 0. The maximum Gasteiger partial charge on any atom is 0.138 e. The minimum Gasteiger partial charge on any atom is -0.370 e. The summed E-state index contributed by atoms with van der Waals surface area (Å²) in [6.45, 7) is 15.6. The summed E-state index contributed by atoms with van der Waals surface area (Å²) in [5, 5.41) is 6.76. The number of nitrogens with one attached hydrogen (secondary N) is 2. The molecule has 1 aliphatic rings. The van der Waals surface area contributed by atoms with Crippen LogP contribution in [-0.4, -0.2) is 42.7 Å². The topological polar surface area (TPSA) is 53.1 Å². The first-order valence-electron chi connectivity index (χ1n) is 7.52. The van der Waals surface area contributed by atoms with Gasteiger partial charge in [0.1, 0.15) is 17.5 Å². The van der Waals surface area contributed by atoms with Crippen LogP contribution in [0.2, 0.25) is 0 Å². The molecule has 5 nitrogen and oxygen atoms in total.